The van der Waals surface area contributed by atoms with Crippen molar-refractivity contribution >= 4 is 12.0 Å². The molecule has 5 nitrogen and oxygen atoms in total. The van der Waals surface area contributed by atoms with Crippen molar-refractivity contribution in [3.8, 4) is 0 Å². The van der Waals surface area contributed by atoms with Gasteiger partial charge in [-0.3, -0.25) is 0 Å². The van der Waals surface area contributed by atoms with Crippen LogP contribution in [0.3, 0.4) is 0 Å². The van der Waals surface area contributed by atoms with Crippen molar-refractivity contribution in [1.82, 2.24) is 10.6 Å². The standard InChI is InChI=1S/C12H24N2O3/c1-11(2,3)7-13-10(17)14-8(9(15)16)12(4,5)6/h8H,7H2,1-6H3,(H,15,16)(H2,13,14,17)/t8-/m1/s1. The number of hydrogen-bond acceptors (Lipinski definition) is 2. The molecule has 0 heterocycles. The topological polar surface area (TPSA) is 78.4 Å². The molecule has 0 aliphatic rings. The van der Waals surface area contributed by atoms with Crippen molar-refractivity contribution < 1.29 is 14.7 Å². The molecule has 0 aliphatic carbocycles. The third kappa shape index (κ3) is 6.81. The Balaban J connectivity index is 4.39. The first kappa shape index (κ1) is 15.7. The lowest BCUT2D eigenvalue weighted by molar-refractivity contribution is -0.141. The molecule has 1 atom stereocenters. The van der Waals surface area contributed by atoms with E-state index in [9.17, 15) is 9.59 Å². The summed E-state index contributed by atoms with van der Waals surface area (Å²) in [6.45, 7) is 11.8. The van der Waals surface area contributed by atoms with Gasteiger partial charge >= 0.3 is 12.0 Å². The number of carbonyl (C=O) groups excluding carboxylic acids is 1. The molecule has 100 valence electrons. The minimum Gasteiger partial charge on any atom is -0.480 e. The molecule has 0 unspecified atom stereocenters. The van der Waals surface area contributed by atoms with Crippen LogP contribution in [0, 0.1) is 10.8 Å². The minimum atomic E-state index is -1.02. The van der Waals surface area contributed by atoms with Gasteiger partial charge < -0.3 is 15.7 Å². The van der Waals surface area contributed by atoms with Gasteiger partial charge in [0.1, 0.15) is 6.04 Å². The van der Waals surface area contributed by atoms with Gasteiger partial charge in [0.05, 0.1) is 0 Å². The third-order valence-corrected chi connectivity index (χ3v) is 2.17. The number of urea groups is 1. The fourth-order valence-corrected chi connectivity index (χ4v) is 1.18. The summed E-state index contributed by atoms with van der Waals surface area (Å²) in [6.07, 6.45) is 0. The predicted molar refractivity (Wildman–Crippen MR) is 66.9 cm³/mol. The van der Waals surface area contributed by atoms with E-state index in [4.69, 9.17) is 5.11 Å². The average molecular weight is 244 g/mol. The molecule has 0 spiro atoms. The summed E-state index contributed by atoms with van der Waals surface area (Å²) in [4.78, 5) is 22.6. The molecule has 0 aromatic heterocycles. The quantitative estimate of drug-likeness (QED) is 0.708. The van der Waals surface area contributed by atoms with Gasteiger partial charge in [0.15, 0.2) is 0 Å². The van der Waals surface area contributed by atoms with Gasteiger partial charge in [-0.1, -0.05) is 41.5 Å². The van der Waals surface area contributed by atoms with E-state index in [0.29, 0.717) is 6.54 Å². The molecule has 0 fully saturated rings. The highest BCUT2D eigenvalue weighted by Crippen LogP contribution is 2.19. The molecule has 0 bridgehead atoms. The Bertz CT molecular complexity index is 287. The normalized spacial score (nSPS) is 14.0. The Labute approximate surface area is 103 Å². The van der Waals surface area contributed by atoms with Crippen LogP contribution < -0.4 is 10.6 Å². The number of carboxylic acid groups (broad SMARTS) is 1. The van der Waals surface area contributed by atoms with E-state index in [-0.39, 0.29) is 5.41 Å². The summed E-state index contributed by atoms with van der Waals surface area (Å²) in [7, 11) is 0. The first-order valence-corrected chi connectivity index (χ1v) is 5.70. The summed E-state index contributed by atoms with van der Waals surface area (Å²) < 4.78 is 0. The maximum absolute atomic E-state index is 11.6. The summed E-state index contributed by atoms with van der Waals surface area (Å²) >= 11 is 0. The Morgan fingerprint density at radius 3 is 1.88 bits per heavy atom. The lowest BCUT2D eigenvalue weighted by Crippen LogP contribution is -2.53. The molecular formula is C12H24N2O3. The number of rotatable bonds is 3. The number of nitrogens with one attached hydrogen (secondary N) is 2. The van der Waals surface area contributed by atoms with E-state index >= 15 is 0 Å². The lowest BCUT2D eigenvalue weighted by Gasteiger charge is -2.28. The molecule has 0 aliphatic heterocycles. The Kier molecular flexibility index (Phi) is 4.98. The van der Waals surface area contributed by atoms with Gasteiger partial charge in [-0.2, -0.15) is 0 Å². The monoisotopic (exact) mass is 244 g/mol. The fourth-order valence-electron chi connectivity index (χ4n) is 1.18. The molecule has 5 heteroatoms. The van der Waals surface area contributed by atoms with Gasteiger partial charge in [0.2, 0.25) is 0 Å². The number of aliphatic carboxylic acids is 1. The predicted octanol–water partition coefficient (Wildman–Crippen LogP) is 1.83. The second-order valence-electron chi connectivity index (χ2n) is 6.52. The molecule has 2 amide bonds. The highest BCUT2D eigenvalue weighted by Gasteiger charge is 2.32. The second-order valence-corrected chi connectivity index (χ2v) is 6.52. The second kappa shape index (κ2) is 5.38. The summed E-state index contributed by atoms with van der Waals surface area (Å²) in [5, 5.41) is 14.2. The zero-order valence-electron chi connectivity index (χ0n) is 11.5. The van der Waals surface area contributed by atoms with Gasteiger partial charge in [-0.25, -0.2) is 9.59 Å². The molecule has 0 saturated heterocycles. The highest BCUT2D eigenvalue weighted by molar-refractivity contribution is 5.83. The molecule has 0 aromatic rings. The molecular weight excluding hydrogens is 220 g/mol. The van der Waals surface area contributed by atoms with E-state index < -0.39 is 23.5 Å². The van der Waals surface area contributed by atoms with E-state index in [1.54, 1.807) is 20.8 Å². The lowest BCUT2D eigenvalue weighted by atomic mass is 9.87. The third-order valence-electron chi connectivity index (χ3n) is 2.17. The van der Waals surface area contributed by atoms with Crippen LogP contribution in [0.15, 0.2) is 0 Å². The molecule has 0 rings (SSSR count). The number of hydrogen-bond donors (Lipinski definition) is 3. The Hall–Kier alpha value is -1.26. The van der Waals surface area contributed by atoms with Crippen LogP contribution in [0.2, 0.25) is 0 Å². The van der Waals surface area contributed by atoms with Crippen molar-refractivity contribution in [2.24, 2.45) is 10.8 Å². The van der Waals surface area contributed by atoms with Gasteiger partial charge in [0.25, 0.3) is 0 Å². The maximum Gasteiger partial charge on any atom is 0.326 e. The molecule has 3 N–H and O–H groups in total. The van der Waals surface area contributed by atoms with E-state index in [0.717, 1.165) is 0 Å². The molecule has 0 saturated carbocycles. The highest BCUT2D eigenvalue weighted by atomic mass is 16.4. The van der Waals surface area contributed by atoms with Gasteiger partial charge in [-0.05, 0) is 10.8 Å². The Morgan fingerprint density at radius 1 is 1.12 bits per heavy atom. The van der Waals surface area contributed by atoms with E-state index in [2.05, 4.69) is 10.6 Å². The van der Waals surface area contributed by atoms with Crippen molar-refractivity contribution in [2.45, 2.75) is 47.6 Å². The van der Waals surface area contributed by atoms with Crippen molar-refractivity contribution in [3.63, 3.8) is 0 Å². The van der Waals surface area contributed by atoms with Crippen LogP contribution >= 0.6 is 0 Å². The largest absolute Gasteiger partial charge is 0.480 e. The first-order valence-electron chi connectivity index (χ1n) is 5.70. The summed E-state index contributed by atoms with van der Waals surface area (Å²) in [5.74, 6) is -1.02. The average Bonchev–Trinajstić information content (AvgIpc) is 2.07. The van der Waals surface area contributed by atoms with Crippen molar-refractivity contribution in [3.05, 3.63) is 0 Å². The summed E-state index contributed by atoms with van der Waals surface area (Å²) in [5.41, 5.74) is -0.553. The van der Waals surface area contributed by atoms with Crippen LogP contribution in [0.4, 0.5) is 4.79 Å². The van der Waals surface area contributed by atoms with Crippen LogP contribution in [-0.4, -0.2) is 29.7 Å². The van der Waals surface area contributed by atoms with Crippen molar-refractivity contribution in [2.75, 3.05) is 6.54 Å². The van der Waals surface area contributed by atoms with Gasteiger partial charge in [-0.15, -0.1) is 0 Å². The number of carbonyl (C=O) groups is 2. The zero-order chi connectivity index (χ0) is 13.9. The fraction of sp³-hybridized carbons (Fsp3) is 0.833. The van der Waals surface area contributed by atoms with Crippen LogP contribution in [-0.2, 0) is 4.79 Å². The van der Waals surface area contributed by atoms with Crippen LogP contribution in [0.5, 0.6) is 0 Å². The van der Waals surface area contributed by atoms with Gasteiger partial charge in [0, 0.05) is 6.54 Å². The number of carboxylic acids is 1. The molecule has 0 aromatic carbocycles. The minimum absolute atomic E-state index is 0.0300. The van der Waals surface area contributed by atoms with Crippen LogP contribution in [0.25, 0.3) is 0 Å². The van der Waals surface area contributed by atoms with E-state index in [1.165, 1.54) is 0 Å². The molecule has 17 heavy (non-hydrogen) atoms. The Morgan fingerprint density at radius 2 is 1.59 bits per heavy atom. The SMILES string of the molecule is CC(C)(C)CNC(=O)N[C@H](C(=O)O)C(C)(C)C. The summed E-state index contributed by atoms with van der Waals surface area (Å²) in [6, 6.07) is -1.34. The molecule has 0 radical (unpaired) electrons. The smallest absolute Gasteiger partial charge is 0.326 e. The zero-order valence-corrected chi connectivity index (χ0v) is 11.5. The van der Waals surface area contributed by atoms with Crippen LogP contribution in [0.1, 0.15) is 41.5 Å². The maximum atomic E-state index is 11.6. The number of amides is 2. The van der Waals surface area contributed by atoms with E-state index in [1.807, 2.05) is 20.8 Å². The van der Waals surface area contributed by atoms with Crippen molar-refractivity contribution in [1.29, 1.82) is 0 Å². The first-order chi connectivity index (χ1) is 7.43.